The number of amides is 1. The van der Waals surface area contributed by atoms with Gasteiger partial charge in [0.15, 0.2) is 0 Å². The molecule has 1 aliphatic carbocycles. The fourth-order valence-electron chi connectivity index (χ4n) is 1.68. The Morgan fingerprint density at radius 3 is 2.56 bits per heavy atom. The molecule has 0 spiro atoms. The molecule has 1 unspecified atom stereocenters. The minimum Gasteiger partial charge on any atom is -0.480 e. The fourth-order valence-corrected chi connectivity index (χ4v) is 1.68. The lowest BCUT2D eigenvalue weighted by molar-refractivity contribution is -0.155. The number of rotatable bonds is 4. The average Bonchev–Trinajstić information content (AvgIpc) is 2.68. The van der Waals surface area contributed by atoms with E-state index < -0.39 is 11.5 Å². The molecule has 0 saturated heterocycles. The molecule has 16 heavy (non-hydrogen) atoms. The van der Waals surface area contributed by atoms with E-state index in [2.05, 4.69) is 6.08 Å². The van der Waals surface area contributed by atoms with Crippen LogP contribution in [0.4, 0.5) is 0 Å². The number of carboxylic acid groups (broad SMARTS) is 1. The van der Waals surface area contributed by atoms with Gasteiger partial charge >= 0.3 is 5.97 Å². The number of nitrogens with zero attached hydrogens (tertiary/aromatic N) is 1. The molecule has 0 aromatic carbocycles. The van der Waals surface area contributed by atoms with Crippen LogP contribution >= 0.6 is 0 Å². The molecular weight excluding hydrogens is 206 g/mol. The molecule has 1 amide bonds. The maximum atomic E-state index is 11.9. The Morgan fingerprint density at radius 1 is 1.50 bits per heavy atom. The van der Waals surface area contributed by atoms with Gasteiger partial charge in [0.25, 0.3) is 0 Å². The normalized spacial score (nSPS) is 19.8. The molecule has 4 heteroatoms. The topological polar surface area (TPSA) is 57.6 Å². The van der Waals surface area contributed by atoms with Crippen LogP contribution in [0, 0.1) is 5.92 Å². The summed E-state index contributed by atoms with van der Waals surface area (Å²) in [5.74, 6) is -0.811. The molecule has 0 radical (unpaired) electrons. The fraction of sp³-hybridized carbons (Fsp3) is 0.667. The SMILES string of the molecule is CN(C(=O)CC1C=CCC1)C(C)(C)C(=O)O. The van der Waals surface area contributed by atoms with Gasteiger partial charge in [-0.05, 0) is 32.6 Å². The zero-order valence-electron chi connectivity index (χ0n) is 10.1. The van der Waals surface area contributed by atoms with Gasteiger partial charge < -0.3 is 10.0 Å². The van der Waals surface area contributed by atoms with Crippen LogP contribution in [0.5, 0.6) is 0 Å². The zero-order chi connectivity index (χ0) is 12.3. The Hall–Kier alpha value is -1.32. The predicted molar refractivity (Wildman–Crippen MR) is 61.0 cm³/mol. The Balaban J connectivity index is 2.59. The van der Waals surface area contributed by atoms with Crippen molar-refractivity contribution in [3.8, 4) is 0 Å². The molecule has 1 atom stereocenters. The van der Waals surface area contributed by atoms with Crippen LogP contribution in [0.25, 0.3) is 0 Å². The Kier molecular flexibility index (Phi) is 3.73. The monoisotopic (exact) mass is 225 g/mol. The van der Waals surface area contributed by atoms with Crippen LogP contribution in [-0.2, 0) is 9.59 Å². The molecule has 0 aliphatic heterocycles. The Morgan fingerprint density at radius 2 is 2.12 bits per heavy atom. The maximum absolute atomic E-state index is 11.9. The number of hydrogen-bond acceptors (Lipinski definition) is 2. The Labute approximate surface area is 95.9 Å². The number of aliphatic carboxylic acids is 1. The summed E-state index contributed by atoms with van der Waals surface area (Å²) in [4.78, 5) is 24.2. The van der Waals surface area contributed by atoms with Crippen LogP contribution < -0.4 is 0 Å². The van der Waals surface area contributed by atoms with Gasteiger partial charge in [-0.2, -0.15) is 0 Å². The maximum Gasteiger partial charge on any atom is 0.329 e. The standard InChI is InChI=1S/C12H19NO3/c1-12(2,11(15)16)13(3)10(14)8-9-6-4-5-7-9/h4,6,9H,5,7-8H2,1-3H3,(H,15,16). The van der Waals surface area contributed by atoms with E-state index in [0.717, 1.165) is 12.8 Å². The molecule has 1 N–H and O–H groups in total. The summed E-state index contributed by atoms with van der Waals surface area (Å²) in [5.41, 5.74) is -1.14. The molecule has 0 heterocycles. The molecule has 0 fully saturated rings. The number of hydrogen-bond donors (Lipinski definition) is 1. The van der Waals surface area contributed by atoms with Crippen LogP contribution in [-0.4, -0.2) is 34.5 Å². The van der Waals surface area contributed by atoms with Gasteiger partial charge in [-0.1, -0.05) is 12.2 Å². The van der Waals surface area contributed by atoms with Crippen molar-refractivity contribution < 1.29 is 14.7 Å². The van der Waals surface area contributed by atoms with E-state index in [-0.39, 0.29) is 11.8 Å². The van der Waals surface area contributed by atoms with E-state index >= 15 is 0 Å². The number of carboxylic acids is 1. The van der Waals surface area contributed by atoms with E-state index in [1.165, 1.54) is 18.7 Å². The van der Waals surface area contributed by atoms with Crippen molar-refractivity contribution in [3.63, 3.8) is 0 Å². The second-order valence-electron chi connectivity index (χ2n) is 4.79. The third-order valence-electron chi connectivity index (χ3n) is 3.29. The van der Waals surface area contributed by atoms with Crippen molar-refractivity contribution in [2.75, 3.05) is 7.05 Å². The number of carbonyl (C=O) groups excluding carboxylic acids is 1. The largest absolute Gasteiger partial charge is 0.480 e. The first kappa shape index (κ1) is 12.7. The highest BCUT2D eigenvalue weighted by Crippen LogP contribution is 2.23. The summed E-state index contributed by atoms with van der Waals surface area (Å²) in [6, 6.07) is 0. The van der Waals surface area contributed by atoms with Crippen molar-refractivity contribution >= 4 is 11.9 Å². The van der Waals surface area contributed by atoms with Gasteiger partial charge in [-0.25, -0.2) is 4.79 Å². The van der Waals surface area contributed by atoms with Crippen molar-refractivity contribution in [2.24, 2.45) is 5.92 Å². The molecule has 1 rings (SSSR count). The minimum absolute atomic E-state index is 0.107. The van der Waals surface area contributed by atoms with Crippen LogP contribution in [0.3, 0.4) is 0 Å². The second-order valence-corrected chi connectivity index (χ2v) is 4.79. The van der Waals surface area contributed by atoms with Crippen molar-refractivity contribution in [3.05, 3.63) is 12.2 Å². The average molecular weight is 225 g/mol. The van der Waals surface area contributed by atoms with Crippen LogP contribution in [0.15, 0.2) is 12.2 Å². The first-order valence-corrected chi connectivity index (χ1v) is 5.52. The lowest BCUT2D eigenvalue weighted by Crippen LogP contribution is -2.51. The van der Waals surface area contributed by atoms with E-state index in [4.69, 9.17) is 5.11 Å². The van der Waals surface area contributed by atoms with Gasteiger partial charge in [0, 0.05) is 13.5 Å². The quantitative estimate of drug-likeness (QED) is 0.740. The molecule has 0 aromatic rings. The van der Waals surface area contributed by atoms with Gasteiger partial charge in [-0.3, -0.25) is 4.79 Å². The van der Waals surface area contributed by atoms with E-state index in [1.54, 1.807) is 7.05 Å². The summed E-state index contributed by atoms with van der Waals surface area (Å²) in [5, 5.41) is 9.01. The van der Waals surface area contributed by atoms with Gasteiger partial charge in [0.05, 0.1) is 0 Å². The molecule has 0 aromatic heterocycles. The smallest absolute Gasteiger partial charge is 0.329 e. The first-order chi connectivity index (χ1) is 7.35. The molecule has 0 bridgehead atoms. The summed E-state index contributed by atoms with van der Waals surface area (Å²) in [6.45, 7) is 3.08. The highest BCUT2D eigenvalue weighted by atomic mass is 16.4. The molecule has 1 aliphatic rings. The van der Waals surface area contributed by atoms with Crippen LogP contribution in [0.1, 0.15) is 33.1 Å². The molecule has 4 nitrogen and oxygen atoms in total. The summed E-state index contributed by atoms with van der Waals surface area (Å²) < 4.78 is 0. The number of carbonyl (C=O) groups is 2. The summed E-state index contributed by atoms with van der Waals surface area (Å²) >= 11 is 0. The van der Waals surface area contributed by atoms with E-state index in [1.807, 2.05) is 6.08 Å². The van der Waals surface area contributed by atoms with Crippen LogP contribution in [0.2, 0.25) is 0 Å². The molecular formula is C12H19NO3. The zero-order valence-corrected chi connectivity index (χ0v) is 10.1. The number of allylic oxidation sites excluding steroid dienone is 2. The Bertz CT molecular complexity index is 320. The van der Waals surface area contributed by atoms with E-state index in [0.29, 0.717) is 6.42 Å². The third-order valence-corrected chi connectivity index (χ3v) is 3.29. The van der Waals surface area contributed by atoms with Gasteiger partial charge in [-0.15, -0.1) is 0 Å². The van der Waals surface area contributed by atoms with Gasteiger partial charge in [0.2, 0.25) is 5.91 Å². The predicted octanol–water partition coefficient (Wildman–Crippen LogP) is 1.66. The minimum atomic E-state index is -1.14. The van der Waals surface area contributed by atoms with Crippen molar-refractivity contribution in [2.45, 2.75) is 38.6 Å². The lowest BCUT2D eigenvalue weighted by atomic mass is 10.00. The molecule has 90 valence electrons. The van der Waals surface area contributed by atoms with Gasteiger partial charge in [0.1, 0.15) is 5.54 Å². The number of likely N-dealkylation sites (N-methyl/N-ethyl adjacent to an activating group) is 1. The molecule has 0 saturated carbocycles. The summed E-state index contributed by atoms with van der Waals surface area (Å²) in [6.07, 6.45) is 6.53. The highest BCUT2D eigenvalue weighted by molar-refractivity contribution is 5.86. The van der Waals surface area contributed by atoms with Crippen molar-refractivity contribution in [1.29, 1.82) is 0 Å². The first-order valence-electron chi connectivity index (χ1n) is 5.52. The second kappa shape index (κ2) is 4.68. The van der Waals surface area contributed by atoms with E-state index in [9.17, 15) is 9.59 Å². The highest BCUT2D eigenvalue weighted by Gasteiger charge is 2.35. The summed E-state index contributed by atoms with van der Waals surface area (Å²) in [7, 11) is 1.55. The van der Waals surface area contributed by atoms with Crippen molar-refractivity contribution in [1.82, 2.24) is 4.90 Å². The third kappa shape index (κ3) is 2.62. The lowest BCUT2D eigenvalue weighted by Gasteiger charge is -2.32.